The fourth-order valence-corrected chi connectivity index (χ4v) is 3.30. The number of aryl methyl sites for hydroxylation is 1. The smallest absolute Gasteiger partial charge is 0.257 e. The number of nitrogens with zero attached hydrogens (tertiary/aromatic N) is 2. The number of thioether (sulfide) groups is 1. The summed E-state index contributed by atoms with van der Waals surface area (Å²) in [4.78, 5) is 16.8. The molecule has 4 rings (SSSR count). The summed E-state index contributed by atoms with van der Waals surface area (Å²) in [6.07, 6.45) is 0. The topological polar surface area (TPSA) is 81.2 Å². The van der Waals surface area contributed by atoms with Crippen LogP contribution in [0.3, 0.4) is 0 Å². The van der Waals surface area contributed by atoms with Gasteiger partial charge in [-0.3, -0.25) is 4.79 Å². The lowest BCUT2D eigenvalue weighted by Crippen LogP contribution is -2.14. The fraction of sp³-hybridized carbons (Fsp3) is 0.0952. The molecule has 0 fully saturated rings. The minimum Gasteiger partial charge on any atom is -0.431 e. The van der Waals surface area contributed by atoms with E-state index in [9.17, 15) is 4.79 Å². The van der Waals surface area contributed by atoms with Gasteiger partial charge in [-0.2, -0.15) is 0 Å². The van der Waals surface area contributed by atoms with Gasteiger partial charge in [-0.1, -0.05) is 77.6 Å². The van der Waals surface area contributed by atoms with Gasteiger partial charge in [0.15, 0.2) is 11.6 Å². The van der Waals surface area contributed by atoms with E-state index in [2.05, 4.69) is 15.5 Å². The SMILES string of the molecule is Cc1cc(NC(=O)CSc2nc(-c3ccccc3)c(-c3ccccc3)o2)no1. The maximum Gasteiger partial charge on any atom is 0.257 e. The number of hydrogen-bond acceptors (Lipinski definition) is 6. The van der Waals surface area contributed by atoms with E-state index in [4.69, 9.17) is 8.94 Å². The van der Waals surface area contributed by atoms with Gasteiger partial charge in [0, 0.05) is 17.2 Å². The molecule has 0 aliphatic rings. The van der Waals surface area contributed by atoms with E-state index in [1.54, 1.807) is 13.0 Å². The molecule has 7 heteroatoms. The fourth-order valence-electron chi connectivity index (χ4n) is 2.67. The molecule has 2 heterocycles. The number of anilines is 1. The average molecular weight is 391 g/mol. The molecule has 2 aromatic heterocycles. The molecular weight excluding hydrogens is 374 g/mol. The van der Waals surface area contributed by atoms with E-state index in [0.717, 1.165) is 16.8 Å². The molecule has 0 radical (unpaired) electrons. The first-order chi connectivity index (χ1) is 13.7. The summed E-state index contributed by atoms with van der Waals surface area (Å²) in [5.41, 5.74) is 2.64. The van der Waals surface area contributed by atoms with Gasteiger partial charge in [0.05, 0.1) is 5.75 Å². The van der Waals surface area contributed by atoms with E-state index in [1.807, 2.05) is 60.7 Å². The molecule has 0 spiro atoms. The van der Waals surface area contributed by atoms with Crippen LogP contribution >= 0.6 is 11.8 Å². The van der Waals surface area contributed by atoms with Crippen LogP contribution in [-0.2, 0) is 4.79 Å². The second kappa shape index (κ2) is 8.14. The van der Waals surface area contributed by atoms with Gasteiger partial charge >= 0.3 is 0 Å². The molecular formula is C21H17N3O3S. The van der Waals surface area contributed by atoms with E-state index >= 15 is 0 Å². The second-order valence-electron chi connectivity index (χ2n) is 6.05. The molecule has 2 aromatic carbocycles. The van der Waals surface area contributed by atoms with Gasteiger partial charge in [-0.25, -0.2) is 4.98 Å². The Morgan fingerprint density at radius 1 is 1.04 bits per heavy atom. The van der Waals surface area contributed by atoms with Crippen LogP contribution in [0.1, 0.15) is 5.76 Å². The van der Waals surface area contributed by atoms with E-state index in [-0.39, 0.29) is 11.7 Å². The van der Waals surface area contributed by atoms with E-state index in [0.29, 0.717) is 22.6 Å². The summed E-state index contributed by atoms with van der Waals surface area (Å²) in [6.45, 7) is 1.76. The van der Waals surface area contributed by atoms with Crippen molar-refractivity contribution in [2.75, 3.05) is 11.1 Å². The summed E-state index contributed by atoms with van der Waals surface area (Å²) < 4.78 is 10.9. The van der Waals surface area contributed by atoms with Crippen LogP contribution in [-0.4, -0.2) is 21.8 Å². The molecule has 140 valence electrons. The van der Waals surface area contributed by atoms with Gasteiger partial charge < -0.3 is 14.3 Å². The Hall–Kier alpha value is -3.32. The quantitative estimate of drug-likeness (QED) is 0.464. The van der Waals surface area contributed by atoms with Crippen molar-refractivity contribution in [1.82, 2.24) is 10.1 Å². The van der Waals surface area contributed by atoms with Crippen molar-refractivity contribution in [3.8, 4) is 22.6 Å². The third-order valence-electron chi connectivity index (χ3n) is 3.91. The Labute approximate surface area is 166 Å². The lowest BCUT2D eigenvalue weighted by molar-refractivity contribution is -0.113. The van der Waals surface area contributed by atoms with Gasteiger partial charge in [-0.05, 0) is 6.92 Å². The van der Waals surface area contributed by atoms with E-state index in [1.165, 1.54) is 11.8 Å². The number of aromatic nitrogens is 2. The standard InChI is InChI=1S/C21H17N3O3S/c1-14-12-17(24-27-14)22-18(25)13-28-21-23-19(15-8-4-2-5-9-15)20(26-21)16-10-6-3-7-11-16/h2-12H,13H2,1H3,(H,22,24,25). The molecule has 4 aromatic rings. The first kappa shape index (κ1) is 18.1. The third-order valence-corrected chi connectivity index (χ3v) is 4.74. The van der Waals surface area contributed by atoms with Crippen molar-refractivity contribution in [1.29, 1.82) is 0 Å². The molecule has 0 saturated carbocycles. The van der Waals surface area contributed by atoms with Crippen molar-refractivity contribution < 1.29 is 13.7 Å². The lowest BCUT2D eigenvalue weighted by atomic mass is 10.1. The average Bonchev–Trinajstić information content (AvgIpc) is 3.34. The van der Waals surface area contributed by atoms with Gasteiger partial charge in [-0.15, -0.1) is 0 Å². The highest BCUT2D eigenvalue weighted by Gasteiger charge is 2.18. The Bertz CT molecular complexity index is 1020. The molecule has 0 bridgehead atoms. The Kier molecular flexibility index (Phi) is 5.25. The Morgan fingerprint density at radius 3 is 2.36 bits per heavy atom. The van der Waals surface area contributed by atoms with Crippen LogP contribution in [0.2, 0.25) is 0 Å². The van der Waals surface area contributed by atoms with Crippen molar-refractivity contribution in [3.05, 3.63) is 72.5 Å². The molecule has 1 N–H and O–H groups in total. The van der Waals surface area contributed by atoms with E-state index < -0.39 is 0 Å². The maximum atomic E-state index is 12.1. The summed E-state index contributed by atoms with van der Waals surface area (Å²) in [7, 11) is 0. The summed E-state index contributed by atoms with van der Waals surface area (Å²) in [5.74, 6) is 1.65. The predicted molar refractivity (Wildman–Crippen MR) is 108 cm³/mol. The number of rotatable bonds is 6. The maximum absolute atomic E-state index is 12.1. The van der Waals surface area contributed by atoms with Crippen LogP contribution in [0, 0.1) is 6.92 Å². The van der Waals surface area contributed by atoms with Gasteiger partial charge in [0.2, 0.25) is 5.91 Å². The normalized spacial score (nSPS) is 10.8. The zero-order valence-corrected chi connectivity index (χ0v) is 15.9. The monoisotopic (exact) mass is 391 g/mol. The number of hydrogen-bond donors (Lipinski definition) is 1. The van der Waals surface area contributed by atoms with Crippen LogP contribution in [0.5, 0.6) is 0 Å². The minimum absolute atomic E-state index is 0.148. The highest BCUT2D eigenvalue weighted by Crippen LogP contribution is 2.35. The molecule has 0 unspecified atom stereocenters. The number of carbonyl (C=O) groups is 1. The first-order valence-corrected chi connectivity index (χ1v) is 9.65. The van der Waals surface area contributed by atoms with Crippen LogP contribution in [0.25, 0.3) is 22.6 Å². The van der Waals surface area contributed by atoms with Crippen LogP contribution in [0.4, 0.5) is 5.82 Å². The molecule has 28 heavy (non-hydrogen) atoms. The zero-order chi connectivity index (χ0) is 19.3. The Balaban J connectivity index is 1.54. The van der Waals surface area contributed by atoms with Gasteiger partial charge in [0.25, 0.3) is 5.22 Å². The van der Waals surface area contributed by atoms with Crippen molar-refractivity contribution in [2.45, 2.75) is 12.1 Å². The highest BCUT2D eigenvalue weighted by atomic mass is 32.2. The molecule has 0 saturated heterocycles. The largest absolute Gasteiger partial charge is 0.431 e. The number of oxazole rings is 1. The number of amides is 1. The number of carbonyl (C=O) groups excluding carboxylic acids is 1. The summed E-state index contributed by atoms with van der Waals surface area (Å²) >= 11 is 1.23. The van der Waals surface area contributed by atoms with Crippen LogP contribution in [0.15, 0.2) is 80.9 Å². The van der Waals surface area contributed by atoms with Crippen molar-refractivity contribution >= 4 is 23.5 Å². The minimum atomic E-state index is -0.209. The molecule has 1 amide bonds. The summed E-state index contributed by atoms with van der Waals surface area (Å²) in [5, 5.41) is 6.87. The van der Waals surface area contributed by atoms with Gasteiger partial charge in [0.1, 0.15) is 11.5 Å². The van der Waals surface area contributed by atoms with Crippen molar-refractivity contribution in [2.24, 2.45) is 0 Å². The summed E-state index contributed by atoms with van der Waals surface area (Å²) in [6, 6.07) is 21.3. The number of nitrogens with one attached hydrogen (secondary N) is 1. The first-order valence-electron chi connectivity index (χ1n) is 8.66. The predicted octanol–water partition coefficient (Wildman–Crippen LogP) is 5.04. The van der Waals surface area contributed by atoms with Crippen molar-refractivity contribution in [3.63, 3.8) is 0 Å². The third kappa shape index (κ3) is 4.15. The Morgan fingerprint density at radius 2 is 1.71 bits per heavy atom. The lowest BCUT2D eigenvalue weighted by Gasteiger charge is -2.00. The second-order valence-corrected chi connectivity index (χ2v) is 6.98. The molecule has 0 atom stereocenters. The number of benzene rings is 2. The van der Waals surface area contributed by atoms with Crippen LogP contribution < -0.4 is 5.32 Å². The molecule has 0 aliphatic heterocycles. The highest BCUT2D eigenvalue weighted by molar-refractivity contribution is 7.99. The zero-order valence-electron chi connectivity index (χ0n) is 15.1. The molecule has 6 nitrogen and oxygen atoms in total. The molecule has 0 aliphatic carbocycles.